The molecule has 1 amide bonds. The smallest absolute Gasteiger partial charge is 0.268 e. The molecule has 1 aromatic rings. The van der Waals surface area contributed by atoms with E-state index in [2.05, 4.69) is 33.0 Å². The number of nitrogens with one attached hydrogen (secondary N) is 1. The SMILES string of the molecule is CCCn1cc(N)cc1C(=O)NC(C)C(C)(C)C. The summed E-state index contributed by atoms with van der Waals surface area (Å²) >= 11 is 0. The molecule has 0 aromatic carbocycles. The summed E-state index contributed by atoms with van der Waals surface area (Å²) in [7, 11) is 0. The van der Waals surface area contributed by atoms with E-state index in [0.717, 1.165) is 13.0 Å². The van der Waals surface area contributed by atoms with Crippen LogP contribution in [0.5, 0.6) is 0 Å². The van der Waals surface area contributed by atoms with E-state index < -0.39 is 0 Å². The molecule has 0 radical (unpaired) electrons. The lowest BCUT2D eigenvalue weighted by Crippen LogP contribution is -2.42. The average molecular weight is 251 g/mol. The quantitative estimate of drug-likeness (QED) is 0.864. The first-order chi connectivity index (χ1) is 8.25. The van der Waals surface area contributed by atoms with Crippen LogP contribution in [0.1, 0.15) is 51.5 Å². The van der Waals surface area contributed by atoms with E-state index in [4.69, 9.17) is 5.73 Å². The van der Waals surface area contributed by atoms with Crippen LogP contribution >= 0.6 is 0 Å². The van der Waals surface area contributed by atoms with E-state index >= 15 is 0 Å². The van der Waals surface area contributed by atoms with Crippen molar-refractivity contribution < 1.29 is 4.79 Å². The second-order valence-corrected chi connectivity index (χ2v) is 5.91. The van der Waals surface area contributed by atoms with Gasteiger partial charge in [0.2, 0.25) is 0 Å². The summed E-state index contributed by atoms with van der Waals surface area (Å²) in [5, 5.41) is 3.03. The predicted molar refractivity (Wildman–Crippen MR) is 75.5 cm³/mol. The first kappa shape index (κ1) is 14.6. The Morgan fingerprint density at radius 1 is 1.50 bits per heavy atom. The van der Waals surface area contributed by atoms with E-state index in [0.29, 0.717) is 11.4 Å². The van der Waals surface area contributed by atoms with Crippen LogP contribution in [0.4, 0.5) is 5.69 Å². The minimum Gasteiger partial charge on any atom is -0.397 e. The first-order valence-corrected chi connectivity index (χ1v) is 6.52. The summed E-state index contributed by atoms with van der Waals surface area (Å²) in [5.41, 5.74) is 7.09. The minimum absolute atomic E-state index is 0.0450. The molecule has 1 atom stereocenters. The summed E-state index contributed by atoms with van der Waals surface area (Å²) in [6, 6.07) is 1.84. The third kappa shape index (κ3) is 3.52. The van der Waals surface area contributed by atoms with Crippen molar-refractivity contribution in [1.29, 1.82) is 0 Å². The number of carbonyl (C=O) groups excluding carboxylic acids is 1. The van der Waals surface area contributed by atoms with E-state index in [1.807, 2.05) is 17.7 Å². The molecular formula is C14H25N3O. The summed E-state index contributed by atoms with van der Waals surface area (Å²) in [6.45, 7) is 11.2. The number of nitrogens with two attached hydrogens (primary N) is 1. The van der Waals surface area contributed by atoms with E-state index in [1.165, 1.54) is 0 Å². The van der Waals surface area contributed by atoms with E-state index in [1.54, 1.807) is 6.07 Å². The van der Waals surface area contributed by atoms with E-state index in [9.17, 15) is 4.79 Å². The number of aryl methyl sites for hydroxylation is 1. The summed E-state index contributed by atoms with van der Waals surface area (Å²) in [4.78, 5) is 12.2. The number of hydrogen-bond donors (Lipinski definition) is 2. The molecule has 0 fully saturated rings. The monoisotopic (exact) mass is 251 g/mol. The molecular weight excluding hydrogens is 226 g/mol. The van der Waals surface area contributed by atoms with Crippen molar-refractivity contribution in [3.63, 3.8) is 0 Å². The third-order valence-corrected chi connectivity index (χ3v) is 3.26. The Bertz CT molecular complexity index is 415. The molecule has 0 aliphatic rings. The largest absolute Gasteiger partial charge is 0.397 e. The number of anilines is 1. The topological polar surface area (TPSA) is 60.0 Å². The van der Waals surface area contributed by atoms with Gasteiger partial charge in [-0.3, -0.25) is 4.79 Å². The molecule has 1 heterocycles. The molecule has 1 unspecified atom stereocenters. The Hall–Kier alpha value is -1.45. The highest BCUT2D eigenvalue weighted by Gasteiger charge is 2.23. The van der Waals surface area contributed by atoms with Crippen LogP contribution in [0.2, 0.25) is 0 Å². The number of rotatable bonds is 4. The van der Waals surface area contributed by atoms with Crippen molar-refractivity contribution in [2.75, 3.05) is 5.73 Å². The van der Waals surface area contributed by atoms with Crippen molar-refractivity contribution in [2.24, 2.45) is 5.41 Å². The second kappa shape index (κ2) is 5.46. The van der Waals surface area contributed by atoms with Crippen LogP contribution in [0, 0.1) is 5.41 Å². The van der Waals surface area contributed by atoms with Crippen molar-refractivity contribution in [1.82, 2.24) is 9.88 Å². The van der Waals surface area contributed by atoms with Crippen LogP contribution < -0.4 is 11.1 Å². The maximum Gasteiger partial charge on any atom is 0.268 e. The molecule has 1 rings (SSSR count). The zero-order valence-corrected chi connectivity index (χ0v) is 12.1. The third-order valence-electron chi connectivity index (χ3n) is 3.26. The molecule has 3 N–H and O–H groups in total. The number of aromatic nitrogens is 1. The first-order valence-electron chi connectivity index (χ1n) is 6.52. The highest BCUT2D eigenvalue weighted by atomic mass is 16.2. The van der Waals surface area contributed by atoms with Crippen LogP contribution in [0.3, 0.4) is 0 Å². The highest BCUT2D eigenvalue weighted by molar-refractivity contribution is 5.94. The molecule has 4 nitrogen and oxygen atoms in total. The Balaban J connectivity index is 2.84. The Kier molecular flexibility index (Phi) is 4.43. The Labute approximate surface area is 110 Å². The van der Waals surface area contributed by atoms with Crippen LogP contribution in [0.25, 0.3) is 0 Å². The number of amides is 1. The van der Waals surface area contributed by atoms with Crippen LogP contribution in [0.15, 0.2) is 12.3 Å². The summed E-state index contributed by atoms with van der Waals surface area (Å²) in [6.07, 6.45) is 2.80. The van der Waals surface area contributed by atoms with Crippen molar-refractivity contribution in [3.05, 3.63) is 18.0 Å². The molecule has 0 saturated carbocycles. The van der Waals surface area contributed by atoms with E-state index in [-0.39, 0.29) is 17.4 Å². The van der Waals surface area contributed by atoms with Gasteiger partial charge in [0.05, 0.1) is 5.69 Å². The second-order valence-electron chi connectivity index (χ2n) is 5.91. The lowest BCUT2D eigenvalue weighted by Gasteiger charge is -2.28. The van der Waals surface area contributed by atoms with Crippen molar-refractivity contribution >= 4 is 11.6 Å². The van der Waals surface area contributed by atoms with Gasteiger partial charge in [0, 0.05) is 18.8 Å². The Morgan fingerprint density at radius 2 is 2.11 bits per heavy atom. The number of carbonyl (C=O) groups is 1. The maximum atomic E-state index is 12.2. The molecule has 0 aliphatic carbocycles. The molecule has 0 spiro atoms. The number of nitrogen functional groups attached to an aromatic ring is 1. The number of nitrogens with zero attached hydrogens (tertiary/aromatic N) is 1. The summed E-state index contributed by atoms with van der Waals surface area (Å²) < 4.78 is 1.92. The minimum atomic E-state index is -0.0532. The lowest BCUT2D eigenvalue weighted by molar-refractivity contribution is 0.0900. The van der Waals surface area contributed by atoms with Gasteiger partial charge in [0.25, 0.3) is 5.91 Å². The van der Waals surface area contributed by atoms with Gasteiger partial charge in [-0.2, -0.15) is 0 Å². The van der Waals surface area contributed by atoms with Gasteiger partial charge in [-0.15, -0.1) is 0 Å². The van der Waals surface area contributed by atoms with Gasteiger partial charge >= 0.3 is 0 Å². The number of hydrogen-bond acceptors (Lipinski definition) is 2. The molecule has 102 valence electrons. The van der Waals surface area contributed by atoms with Gasteiger partial charge in [0.15, 0.2) is 0 Å². The van der Waals surface area contributed by atoms with Gasteiger partial charge in [-0.25, -0.2) is 0 Å². The maximum absolute atomic E-state index is 12.2. The summed E-state index contributed by atoms with van der Waals surface area (Å²) in [5.74, 6) is -0.0532. The molecule has 1 aromatic heterocycles. The van der Waals surface area contributed by atoms with Gasteiger partial charge in [0.1, 0.15) is 5.69 Å². The lowest BCUT2D eigenvalue weighted by atomic mass is 9.88. The van der Waals surface area contributed by atoms with Gasteiger partial charge < -0.3 is 15.6 Å². The predicted octanol–water partition coefficient (Wildman–Crippen LogP) is 2.64. The zero-order chi connectivity index (χ0) is 13.9. The Morgan fingerprint density at radius 3 is 2.61 bits per heavy atom. The molecule has 0 bridgehead atoms. The van der Waals surface area contributed by atoms with Gasteiger partial charge in [-0.1, -0.05) is 27.7 Å². The molecule has 0 aliphatic heterocycles. The average Bonchev–Trinajstić information content (AvgIpc) is 2.58. The fourth-order valence-corrected chi connectivity index (χ4v) is 1.64. The highest BCUT2D eigenvalue weighted by Crippen LogP contribution is 2.19. The molecule has 4 heteroatoms. The normalized spacial score (nSPS) is 13.4. The zero-order valence-electron chi connectivity index (χ0n) is 12.1. The fourth-order valence-electron chi connectivity index (χ4n) is 1.64. The van der Waals surface area contributed by atoms with Crippen LogP contribution in [-0.4, -0.2) is 16.5 Å². The fraction of sp³-hybridized carbons (Fsp3) is 0.643. The van der Waals surface area contributed by atoms with Crippen molar-refractivity contribution in [3.8, 4) is 0 Å². The van der Waals surface area contributed by atoms with Gasteiger partial charge in [-0.05, 0) is 24.8 Å². The van der Waals surface area contributed by atoms with Crippen LogP contribution in [-0.2, 0) is 6.54 Å². The molecule has 18 heavy (non-hydrogen) atoms. The molecule has 0 saturated heterocycles. The van der Waals surface area contributed by atoms with Crippen molar-refractivity contribution in [2.45, 2.75) is 53.6 Å². The standard InChI is InChI=1S/C14H25N3O/c1-6-7-17-9-11(15)8-12(17)13(18)16-10(2)14(3,4)5/h8-10H,6-7,15H2,1-5H3,(H,16,18).